The van der Waals surface area contributed by atoms with E-state index >= 15 is 0 Å². The molecule has 0 amide bonds. The number of carbonyl (C=O) groups is 1. The Bertz CT molecular complexity index is 872. The quantitative estimate of drug-likeness (QED) is 0.461. The Morgan fingerprint density at radius 1 is 1.03 bits per heavy atom. The van der Waals surface area contributed by atoms with Gasteiger partial charge >= 0.3 is 5.97 Å². The highest BCUT2D eigenvalue weighted by Crippen LogP contribution is 2.32. The summed E-state index contributed by atoms with van der Waals surface area (Å²) in [7, 11) is 0. The minimum absolute atomic E-state index is 0. The smallest absolute Gasteiger partial charge is 0.358 e. The van der Waals surface area contributed by atoms with Crippen molar-refractivity contribution in [3.63, 3.8) is 0 Å². The minimum Gasteiger partial charge on any atom is -0.503 e. The van der Waals surface area contributed by atoms with Crippen molar-refractivity contribution in [2.75, 3.05) is 13.2 Å². The number of aromatic nitrogens is 2. The molecule has 0 radical (unpaired) electrons. The first-order valence-corrected chi connectivity index (χ1v) is 9.01. The first kappa shape index (κ1) is 28.6. The lowest BCUT2D eigenvalue weighted by Gasteiger charge is -2.07. The van der Waals surface area contributed by atoms with E-state index in [1.807, 2.05) is 0 Å². The standard InChI is InChI=1S/C8H7BrN2O2.C8H8BrNO4.2CH4/c1-2-13-6-3-7(9)11-5(4-10)8(6)12;1-2-14-4-3-5(9)10-6(7(4)11)8(12)13;;/h3,12H,2H2,1H3;3,11H,2H2,1H3,(H,12,13);2*1H4. The number of ether oxygens (including phenoxy) is 2. The molecule has 0 aromatic carbocycles. The van der Waals surface area contributed by atoms with Crippen LogP contribution in [0.4, 0.5) is 0 Å². The number of nitrogens with zero attached hydrogens (tertiary/aromatic N) is 3. The molecule has 2 aromatic rings. The normalized spacial score (nSPS) is 8.93. The summed E-state index contributed by atoms with van der Waals surface area (Å²) in [5.74, 6) is -1.60. The lowest BCUT2D eigenvalue weighted by Crippen LogP contribution is -2.03. The molecule has 0 saturated heterocycles. The number of pyridine rings is 2. The summed E-state index contributed by atoms with van der Waals surface area (Å²) in [5, 5.41) is 36.1. The Kier molecular flexibility index (Phi) is 13.4. The number of halogens is 2. The van der Waals surface area contributed by atoms with Gasteiger partial charge in [0.25, 0.3) is 0 Å². The van der Waals surface area contributed by atoms with Gasteiger partial charge in [-0.3, -0.25) is 0 Å². The van der Waals surface area contributed by atoms with E-state index < -0.39 is 17.4 Å². The second-order valence-corrected chi connectivity index (χ2v) is 6.19. The molecule has 0 spiro atoms. The summed E-state index contributed by atoms with van der Waals surface area (Å²) in [6.45, 7) is 4.28. The molecule has 0 saturated carbocycles. The van der Waals surface area contributed by atoms with E-state index in [1.54, 1.807) is 19.9 Å². The third kappa shape index (κ3) is 8.13. The predicted octanol–water partition coefficient (Wildman–Crippen LogP) is 4.74. The van der Waals surface area contributed by atoms with Gasteiger partial charge in [0.1, 0.15) is 15.3 Å². The maximum atomic E-state index is 10.6. The van der Waals surface area contributed by atoms with Gasteiger partial charge in [0.15, 0.2) is 34.4 Å². The Morgan fingerprint density at radius 3 is 1.90 bits per heavy atom. The van der Waals surface area contributed by atoms with Gasteiger partial charge in [-0.05, 0) is 45.7 Å². The fourth-order valence-electron chi connectivity index (χ4n) is 1.73. The molecule has 0 fully saturated rings. The molecule has 160 valence electrons. The van der Waals surface area contributed by atoms with Crippen molar-refractivity contribution in [1.29, 1.82) is 5.26 Å². The van der Waals surface area contributed by atoms with Gasteiger partial charge in [-0.15, -0.1) is 0 Å². The molecule has 29 heavy (non-hydrogen) atoms. The average molecular weight is 537 g/mol. The molecule has 2 rings (SSSR count). The molecule has 0 aliphatic carbocycles. The zero-order chi connectivity index (χ0) is 20.6. The maximum Gasteiger partial charge on any atom is 0.358 e. The van der Waals surface area contributed by atoms with Gasteiger partial charge in [-0.2, -0.15) is 5.26 Å². The van der Waals surface area contributed by atoms with Crippen LogP contribution in [0.3, 0.4) is 0 Å². The molecule has 0 bridgehead atoms. The van der Waals surface area contributed by atoms with Crippen molar-refractivity contribution in [3.05, 3.63) is 32.7 Å². The van der Waals surface area contributed by atoms with Crippen molar-refractivity contribution in [1.82, 2.24) is 9.97 Å². The van der Waals surface area contributed by atoms with E-state index in [4.69, 9.17) is 19.8 Å². The lowest BCUT2D eigenvalue weighted by molar-refractivity contribution is 0.0685. The fraction of sp³-hybridized carbons (Fsp3) is 0.333. The third-order valence-corrected chi connectivity index (χ3v) is 3.57. The number of aromatic hydroxyl groups is 2. The minimum atomic E-state index is -1.30. The molecule has 3 N–H and O–H groups in total. The van der Waals surface area contributed by atoms with Crippen molar-refractivity contribution in [3.8, 4) is 29.1 Å². The summed E-state index contributed by atoms with van der Waals surface area (Å²) < 4.78 is 10.9. The molecule has 0 aliphatic heterocycles. The molecule has 2 heterocycles. The van der Waals surface area contributed by atoms with E-state index in [0.29, 0.717) is 22.4 Å². The van der Waals surface area contributed by atoms with Crippen LogP contribution in [0, 0.1) is 11.3 Å². The SMILES string of the molecule is C.C.CCOc1cc(Br)nc(C#N)c1O.CCOc1cc(Br)nc(C(=O)O)c1O. The monoisotopic (exact) mass is 535 g/mol. The summed E-state index contributed by atoms with van der Waals surface area (Å²) >= 11 is 6.12. The van der Waals surface area contributed by atoms with Crippen molar-refractivity contribution < 1.29 is 29.6 Å². The van der Waals surface area contributed by atoms with Crippen molar-refractivity contribution in [2.24, 2.45) is 0 Å². The molecule has 11 heteroatoms. The lowest BCUT2D eigenvalue weighted by atomic mass is 10.3. The zero-order valence-electron chi connectivity index (χ0n) is 14.2. The Balaban J connectivity index is 0. The molecular weight excluding hydrogens is 514 g/mol. The van der Waals surface area contributed by atoms with E-state index in [2.05, 4.69) is 41.8 Å². The molecule has 0 aliphatic rings. The molecule has 2 aromatic heterocycles. The van der Waals surface area contributed by atoms with Crippen LogP contribution in [0.2, 0.25) is 0 Å². The van der Waals surface area contributed by atoms with E-state index in [-0.39, 0.29) is 37.8 Å². The van der Waals surface area contributed by atoms with Gasteiger partial charge < -0.3 is 24.8 Å². The highest BCUT2D eigenvalue weighted by atomic mass is 79.9. The van der Waals surface area contributed by atoms with Crippen LogP contribution >= 0.6 is 31.9 Å². The second-order valence-electron chi connectivity index (χ2n) is 4.56. The number of nitriles is 1. The Hall–Kier alpha value is -2.58. The number of hydrogen-bond donors (Lipinski definition) is 3. The second kappa shape index (κ2) is 13.6. The van der Waals surface area contributed by atoms with Crippen molar-refractivity contribution in [2.45, 2.75) is 28.7 Å². The number of carboxylic acids is 1. The maximum absolute atomic E-state index is 10.6. The van der Waals surface area contributed by atoms with Crippen molar-refractivity contribution >= 4 is 37.8 Å². The topological polar surface area (TPSA) is 146 Å². The van der Waals surface area contributed by atoms with Gasteiger partial charge in [0.05, 0.1) is 13.2 Å². The first-order chi connectivity index (χ1) is 12.7. The van der Waals surface area contributed by atoms with Crippen LogP contribution in [0.25, 0.3) is 0 Å². The van der Waals surface area contributed by atoms with Crippen LogP contribution < -0.4 is 9.47 Å². The molecule has 0 unspecified atom stereocenters. The van der Waals surface area contributed by atoms with Crippen LogP contribution in [0.1, 0.15) is 44.9 Å². The Labute approximate surface area is 186 Å². The number of carboxylic acid groups (broad SMARTS) is 1. The van der Waals surface area contributed by atoms with Gasteiger partial charge in [0, 0.05) is 12.1 Å². The van der Waals surface area contributed by atoms with Crippen LogP contribution in [0.5, 0.6) is 23.0 Å². The third-order valence-electron chi connectivity index (χ3n) is 2.76. The largest absolute Gasteiger partial charge is 0.503 e. The first-order valence-electron chi connectivity index (χ1n) is 7.43. The average Bonchev–Trinajstić information content (AvgIpc) is 2.61. The summed E-state index contributed by atoms with van der Waals surface area (Å²) in [6.07, 6.45) is 0. The molecular formula is C18H23Br2N3O6. The zero-order valence-corrected chi connectivity index (χ0v) is 17.4. The van der Waals surface area contributed by atoms with E-state index in [0.717, 1.165) is 0 Å². The number of rotatable bonds is 5. The summed E-state index contributed by atoms with van der Waals surface area (Å²) in [6, 6.07) is 4.69. The highest BCUT2D eigenvalue weighted by Gasteiger charge is 2.17. The van der Waals surface area contributed by atoms with Gasteiger partial charge in [-0.1, -0.05) is 14.9 Å². The summed E-state index contributed by atoms with van der Waals surface area (Å²) in [5.41, 5.74) is -0.472. The fourth-order valence-corrected chi connectivity index (χ4v) is 2.50. The highest BCUT2D eigenvalue weighted by molar-refractivity contribution is 9.10. The van der Waals surface area contributed by atoms with Gasteiger partial charge in [0.2, 0.25) is 0 Å². The van der Waals surface area contributed by atoms with Crippen LogP contribution in [0.15, 0.2) is 21.3 Å². The van der Waals surface area contributed by atoms with E-state index in [1.165, 1.54) is 12.1 Å². The predicted molar refractivity (Wildman–Crippen MR) is 115 cm³/mol. The van der Waals surface area contributed by atoms with Gasteiger partial charge in [-0.25, -0.2) is 14.8 Å². The molecule has 9 nitrogen and oxygen atoms in total. The number of aromatic carboxylic acids is 1. The van der Waals surface area contributed by atoms with E-state index in [9.17, 15) is 15.0 Å². The Morgan fingerprint density at radius 2 is 1.48 bits per heavy atom. The van der Waals surface area contributed by atoms with Crippen LogP contribution in [-0.2, 0) is 0 Å². The number of hydrogen-bond acceptors (Lipinski definition) is 8. The molecule has 0 atom stereocenters. The van der Waals surface area contributed by atoms with Crippen LogP contribution in [-0.4, -0.2) is 44.5 Å². The summed E-state index contributed by atoms with van der Waals surface area (Å²) in [4.78, 5) is 18.0.